The molecule has 0 atom stereocenters. The van der Waals surface area contributed by atoms with Crippen LogP contribution in [-0.2, 0) is 6.54 Å². The van der Waals surface area contributed by atoms with Gasteiger partial charge in [-0.15, -0.1) is 0 Å². The van der Waals surface area contributed by atoms with E-state index >= 15 is 0 Å². The van der Waals surface area contributed by atoms with Crippen molar-refractivity contribution in [2.75, 3.05) is 6.61 Å². The summed E-state index contributed by atoms with van der Waals surface area (Å²) in [6.07, 6.45) is 3.73. The molecule has 0 saturated heterocycles. The third-order valence-corrected chi connectivity index (χ3v) is 4.22. The number of hydrogen-bond acceptors (Lipinski definition) is 2. The van der Waals surface area contributed by atoms with Gasteiger partial charge in [-0.2, -0.15) is 0 Å². The molecule has 1 aromatic heterocycles. The Labute approximate surface area is 156 Å². The van der Waals surface area contributed by atoms with Gasteiger partial charge in [-0.3, -0.25) is 4.79 Å². The van der Waals surface area contributed by atoms with Gasteiger partial charge in [0.25, 0.3) is 0 Å². The van der Waals surface area contributed by atoms with Crippen molar-refractivity contribution in [1.29, 1.82) is 0 Å². The highest BCUT2D eigenvalue weighted by atomic mass is 35.5. The first-order valence-electron chi connectivity index (χ1n) is 7.80. The molecule has 0 spiro atoms. The molecule has 3 aromatic rings. The summed E-state index contributed by atoms with van der Waals surface area (Å²) in [7, 11) is 0. The van der Waals surface area contributed by atoms with Crippen LogP contribution in [0.25, 0.3) is 0 Å². The summed E-state index contributed by atoms with van der Waals surface area (Å²) >= 11 is 11.9. The normalized spacial score (nSPS) is 10.5. The molecule has 0 saturated carbocycles. The molecule has 0 aliphatic heterocycles. The minimum Gasteiger partial charge on any atom is -0.485 e. The summed E-state index contributed by atoms with van der Waals surface area (Å²) in [5.74, 6) is 0.611. The second-order valence-corrected chi connectivity index (χ2v) is 6.29. The van der Waals surface area contributed by atoms with Gasteiger partial charge in [0.1, 0.15) is 12.4 Å². The molecule has 0 fully saturated rings. The molecule has 2 aromatic carbocycles. The molecular weight excluding hydrogens is 357 g/mol. The molecule has 0 amide bonds. The van der Waals surface area contributed by atoms with Crippen LogP contribution in [0.15, 0.2) is 73.1 Å². The van der Waals surface area contributed by atoms with Crippen LogP contribution < -0.4 is 9.30 Å². The van der Waals surface area contributed by atoms with Gasteiger partial charge >= 0.3 is 0 Å². The number of pyridine rings is 1. The average molecular weight is 373 g/mol. The zero-order valence-corrected chi connectivity index (χ0v) is 14.9. The Morgan fingerprint density at radius 2 is 1.60 bits per heavy atom. The predicted molar refractivity (Wildman–Crippen MR) is 98.5 cm³/mol. The Bertz CT molecular complexity index is 865. The summed E-state index contributed by atoms with van der Waals surface area (Å²) in [4.78, 5) is 12.4. The number of halogens is 2. The van der Waals surface area contributed by atoms with Gasteiger partial charge in [0.2, 0.25) is 0 Å². The van der Waals surface area contributed by atoms with E-state index in [9.17, 15) is 4.79 Å². The molecule has 25 heavy (non-hydrogen) atoms. The number of rotatable bonds is 6. The Balaban J connectivity index is 1.58. The monoisotopic (exact) mass is 372 g/mol. The summed E-state index contributed by atoms with van der Waals surface area (Å²) in [5, 5.41) is 1.06. The van der Waals surface area contributed by atoms with E-state index in [-0.39, 0.29) is 5.78 Å². The van der Waals surface area contributed by atoms with Crippen molar-refractivity contribution in [3.63, 3.8) is 0 Å². The SMILES string of the molecule is O=C(c1ccccc1)c1cc[n+](CCOc2ccc(Cl)cc2Cl)cc1. The maximum Gasteiger partial charge on any atom is 0.193 e. The van der Waals surface area contributed by atoms with E-state index in [2.05, 4.69) is 0 Å². The summed E-state index contributed by atoms with van der Waals surface area (Å²) in [6, 6.07) is 18.0. The van der Waals surface area contributed by atoms with Crippen molar-refractivity contribution in [3.8, 4) is 5.75 Å². The number of carbonyl (C=O) groups is 1. The van der Waals surface area contributed by atoms with Crippen LogP contribution in [0.4, 0.5) is 0 Å². The topological polar surface area (TPSA) is 30.2 Å². The highest BCUT2D eigenvalue weighted by Gasteiger charge is 2.11. The van der Waals surface area contributed by atoms with E-state index < -0.39 is 0 Å². The van der Waals surface area contributed by atoms with Crippen molar-refractivity contribution in [2.45, 2.75) is 6.54 Å². The molecular formula is C20H16Cl2NO2+. The number of ketones is 1. The van der Waals surface area contributed by atoms with Crippen molar-refractivity contribution in [3.05, 3.63) is 94.2 Å². The van der Waals surface area contributed by atoms with Gasteiger partial charge in [0.05, 0.1) is 5.02 Å². The van der Waals surface area contributed by atoms with Crippen LogP contribution in [0.1, 0.15) is 15.9 Å². The first kappa shape index (κ1) is 17.5. The lowest BCUT2D eigenvalue weighted by Crippen LogP contribution is -2.36. The van der Waals surface area contributed by atoms with Gasteiger partial charge < -0.3 is 4.74 Å². The zero-order chi connectivity index (χ0) is 17.6. The lowest BCUT2D eigenvalue weighted by molar-refractivity contribution is -0.697. The maximum absolute atomic E-state index is 12.4. The van der Waals surface area contributed by atoms with Crippen molar-refractivity contribution >= 4 is 29.0 Å². The minimum absolute atomic E-state index is 0.0111. The molecule has 126 valence electrons. The fraction of sp³-hybridized carbons (Fsp3) is 0.100. The highest BCUT2D eigenvalue weighted by molar-refractivity contribution is 6.35. The molecule has 3 nitrogen and oxygen atoms in total. The van der Waals surface area contributed by atoms with E-state index in [0.29, 0.717) is 40.1 Å². The number of aromatic nitrogens is 1. The fourth-order valence-corrected chi connectivity index (χ4v) is 2.83. The molecule has 0 radical (unpaired) electrons. The van der Waals surface area contributed by atoms with Gasteiger partial charge in [-0.1, -0.05) is 53.5 Å². The summed E-state index contributed by atoms with van der Waals surface area (Å²) in [5.41, 5.74) is 1.34. The smallest absolute Gasteiger partial charge is 0.193 e. The van der Waals surface area contributed by atoms with Crippen LogP contribution in [0.5, 0.6) is 5.75 Å². The first-order valence-corrected chi connectivity index (χ1v) is 8.56. The predicted octanol–water partition coefficient (Wildman–Crippen LogP) is 4.59. The molecule has 5 heteroatoms. The van der Waals surface area contributed by atoms with Crippen LogP contribution >= 0.6 is 23.2 Å². The van der Waals surface area contributed by atoms with Gasteiger partial charge in [0, 0.05) is 28.3 Å². The maximum atomic E-state index is 12.4. The standard InChI is InChI=1S/C20H16Cl2NO2/c21-17-6-7-19(18(22)14-17)25-13-12-23-10-8-16(9-11-23)20(24)15-4-2-1-3-5-15/h1-11,14H,12-13H2/q+1. The van der Waals surface area contributed by atoms with E-state index in [1.54, 1.807) is 18.2 Å². The molecule has 0 bridgehead atoms. The largest absolute Gasteiger partial charge is 0.485 e. The third-order valence-electron chi connectivity index (χ3n) is 3.69. The number of ether oxygens (including phenoxy) is 1. The Morgan fingerprint density at radius 1 is 0.920 bits per heavy atom. The number of nitrogens with zero attached hydrogens (tertiary/aromatic N) is 1. The average Bonchev–Trinajstić information content (AvgIpc) is 2.64. The number of benzene rings is 2. The van der Waals surface area contributed by atoms with Crippen molar-refractivity contribution in [2.24, 2.45) is 0 Å². The van der Waals surface area contributed by atoms with E-state index in [0.717, 1.165) is 0 Å². The van der Waals surface area contributed by atoms with Gasteiger partial charge in [-0.05, 0) is 18.2 Å². The van der Waals surface area contributed by atoms with Crippen LogP contribution in [0.2, 0.25) is 10.0 Å². The second-order valence-electron chi connectivity index (χ2n) is 5.44. The van der Waals surface area contributed by atoms with Crippen LogP contribution in [0, 0.1) is 0 Å². The van der Waals surface area contributed by atoms with Crippen LogP contribution in [0.3, 0.4) is 0 Å². The lowest BCUT2D eigenvalue weighted by atomic mass is 10.0. The molecule has 1 heterocycles. The number of carbonyl (C=O) groups excluding carboxylic acids is 1. The first-order chi connectivity index (χ1) is 12.1. The number of hydrogen-bond donors (Lipinski definition) is 0. The van der Waals surface area contributed by atoms with E-state index in [4.69, 9.17) is 27.9 Å². The van der Waals surface area contributed by atoms with Crippen molar-refractivity contribution in [1.82, 2.24) is 0 Å². The summed E-state index contributed by atoms with van der Waals surface area (Å²) < 4.78 is 7.61. The van der Waals surface area contributed by atoms with E-state index in [1.165, 1.54) is 0 Å². The quantitative estimate of drug-likeness (QED) is 0.467. The summed E-state index contributed by atoms with van der Waals surface area (Å²) in [6.45, 7) is 1.09. The Kier molecular flexibility index (Phi) is 5.69. The van der Waals surface area contributed by atoms with Crippen LogP contribution in [-0.4, -0.2) is 12.4 Å². The Morgan fingerprint density at radius 3 is 2.28 bits per heavy atom. The third kappa shape index (κ3) is 4.59. The molecule has 0 N–H and O–H groups in total. The van der Waals surface area contributed by atoms with Crippen molar-refractivity contribution < 1.29 is 14.1 Å². The molecule has 3 rings (SSSR count). The zero-order valence-electron chi connectivity index (χ0n) is 13.4. The molecule has 0 aliphatic carbocycles. The van der Waals surface area contributed by atoms with Gasteiger partial charge in [0.15, 0.2) is 24.7 Å². The lowest BCUT2D eigenvalue weighted by Gasteiger charge is -2.06. The second kappa shape index (κ2) is 8.15. The minimum atomic E-state index is 0.0111. The Hall–Kier alpha value is -2.36. The van der Waals surface area contributed by atoms with E-state index in [1.807, 2.05) is 59.4 Å². The molecule has 0 aliphatic rings. The highest BCUT2D eigenvalue weighted by Crippen LogP contribution is 2.27. The fourth-order valence-electron chi connectivity index (χ4n) is 2.37. The molecule has 0 unspecified atom stereocenters. The van der Waals surface area contributed by atoms with Gasteiger partial charge in [-0.25, -0.2) is 4.57 Å².